The Hall–Kier alpha value is -2.34. The van der Waals surface area contributed by atoms with Crippen LogP contribution < -0.4 is 0 Å². The van der Waals surface area contributed by atoms with Gasteiger partial charge >= 0.3 is 0 Å². The molecule has 146 valence electrons. The molecule has 28 heavy (non-hydrogen) atoms. The molecule has 1 aromatic heterocycles. The lowest BCUT2D eigenvalue weighted by atomic mass is 10.0. The van der Waals surface area contributed by atoms with Crippen molar-refractivity contribution in [2.45, 2.75) is 30.5 Å². The van der Waals surface area contributed by atoms with Crippen molar-refractivity contribution >= 4 is 28.6 Å². The number of alkyl halides is 1. The fourth-order valence-electron chi connectivity index (χ4n) is 4.05. The fraction of sp³-hybridized carbons (Fsp3) is 0.318. The Kier molecular flexibility index (Phi) is 5.15. The molecule has 0 spiro atoms. The third-order valence-electron chi connectivity index (χ3n) is 5.32. The van der Waals surface area contributed by atoms with Gasteiger partial charge in [0.2, 0.25) is 5.91 Å². The van der Waals surface area contributed by atoms with Crippen molar-refractivity contribution in [2.24, 2.45) is 0 Å². The van der Waals surface area contributed by atoms with Crippen molar-refractivity contribution in [1.29, 1.82) is 0 Å². The number of likely N-dealkylation sites (N-methyl/N-ethyl adjacent to an activating group) is 1. The molecule has 0 N–H and O–H groups in total. The first-order chi connectivity index (χ1) is 13.6. The van der Waals surface area contributed by atoms with Crippen molar-refractivity contribution in [3.63, 3.8) is 0 Å². The molecule has 0 radical (unpaired) electrons. The van der Waals surface area contributed by atoms with Crippen LogP contribution in [0, 0.1) is 5.82 Å². The van der Waals surface area contributed by atoms with E-state index in [2.05, 4.69) is 0 Å². The Morgan fingerprint density at radius 1 is 1.18 bits per heavy atom. The van der Waals surface area contributed by atoms with E-state index >= 15 is 0 Å². The van der Waals surface area contributed by atoms with Gasteiger partial charge in [-0.15, -0.1) is 11.8 Å². The second kappa shape index (κ2) is 7.59. The number of amides is 1. The molecule has 0 bridgehead atoms. The molecule has 4 rings (SSSR count). The van der Waals surface area contributed by atoms with E-state index in [0.717, 1.165) is 32.6 Å². The highest BCUT2D eigenvalue weighted by Crippen LogP contribution is 2.53. The summed E-state index contributed by atoms with van der Waals surface area (Å²) >= 11 is 1.39. The van der Waals surface area contributed by atoms with E-state index in [0.29, 0.717) is 13.1 Å². The number of fused-ring (bicyclic) bond motifs is 5. The first-order valence-corrected chi connectivity index (χ1v) is 10.4. The number of carbonyl (C=O) groups is 1. The van der Waals surface area contributed by atoms with Gasteiger partial charge < -0.3 is 9.47 Å². The number of carbonyl (C=O) groups excluding carboxylic acids is 1. The van der Waals surface area contributed by atoms with Crippen LogP contribution in [0.1, 0.15) is 24.7 Å². The molecular weight excluding hydrogens is 377 g/mol. The molecule has 1 aliphatic rings. The van der Waals surface area contributed by atoms with Crippen molar-refractivity contribution in [1.82, 2.24) is 9.47 Å². The predicted octanol–water partition coefficient (Wildman–Crippen LogP) is 5.43. The van der Waals surface area contributed by atoms with Crippen LogP contribution in [0.15, 0.2) is 47.4 Å². The van der Waals surface area contributed by atoms with Crippen LogP contribution in [-0.2, 0) is 11.3 Å². The third kappa shape index (κ3) is 2.91. The SMILES string of the molecule is CCN(CC)C(=O)C1Sc2cc(F)ccc2-c2c1c1ccccc1n2CC[18F]. The number of hydrogen-bond acceptors (Lipinski definition) is 2. The quantitative estimate of drug-likeness (QED) is 0.571. The van der Waals surface area contributed by atoms with Crippen molar-refractivity contribution < 1.29 is 13.6 Å². The molecule has 0 fully saturated rings. The zero-order valence-corrected chi connectivity index (χ0v) is 16.7. The molecule has 2 heterocycles. The van der Waals surface area contributed by atoms with Crippen LogP contribution in [0.4, 0.5) is 8.78 Å². The number of hydrogen-bond donors (Lipinski definition) is 0. The minimum Gasteiger partial charge on any atom is -0.342 e. The second-order valence-electron chi connectivity index (χ2n) is 6.77. The number of benzene rings is 2. The Bertz CT molecular complexity index is 1040. The van der Waals surface area contributed by atoms with Crippen LogP contribution in [0.25, 0.3) is 22.2 Å². The lowest BCUT2D eigenvalue weighted by molar-refractivity contribution is -0.130. The molecule has 6 heteroatoms. The predicted molar refractivity (Wildman–Crippen MR) is 110 cm³/mol. The molecule has 2 aromatic carbocycles. The van der Waals surface area contributed by atoms with Gasteiger partial charge in [-0.1, -0.05) is 18.2 Å². The van der Waals surface area contributed by atoms with Crippen molar-refractivity contribution in [2.75, 3.05) is 19.8 Å². The van der Waals surface area contributed by atoms with Gasteiger partial charge in [-0.05, 0) is 38.1 Å². The summed E-state index contributed by atoms with van der Waals surface area (Å²) in [5.74, 6) is -0.328. The first kappa shape index (κ1) is 19.0. The number of aryl methyl sites for hydroxylation is 1. The van der Waals surface area contributed by atoms with Crippen LogP contribution in [0.2, 0.25) is 0 Å². The van der Waals surface area contributed by atoms with Gasteiger partial charge in [-0.25, -0.2) is 8.78 Å². The maximum atomic E-state index is 14.0. The van der Waals surface area contributed by atoms with Gasteiger partial charge in [-0.2, -0.15) is 0 Å². The van der Waals surface area contributed by atoms with E-state index in [1.807, 2.05) is 42.7 Å². The minimum atomic E-state index is -0.510. The highest BCUT2D eigenvalue weighted by molar-refractivity contribution is 8.00. The highest BCUT2D eigenvalue weighted by Gasteiger charge is 2.37. The molecule has 0 aliphatic carbocycles. The molecule has 3 aromatic rings. The summed E-state index contributed by atoms with van der Waals surface area (Å²) in [6.07, 6.45) is 0. The Morgan fingerprint density at radius 2 is 1.93 bits per heavy atom. The Labute approximate surface area is 167 Å². The summed E-state index contributed by atoms with van der Waals surface area (Å²) in [7, 11) is 0. The summed E-state index contributed by atoms with van der Waals surface area (Å²) in [5, 5.41) is 0.480. The normalized spacial score (nSPS) is 15.4. The monoisotopic (exact) mass is 399 g/mol. The van der Waals surface area contributed by atoms with E-state index < -0.39 is 11.9 Å². The maximum Gasteiger partial charge on any atom is 0.240 e. The summed E-state index contributed by atoms with van der Waals surface area (Å²) < 4.78 is 29.3. The number of halogens is 2. The van der Waals surface area contributed by atoms with E-state index in [1.54, 1.807) is 11.0 Å². The zero-order chi connectivity index (χ0) is 19.8. The topological polar surface area (TPSA) is 25.2 Å². The van der Waals surface area contributed by atoms with E-state index in [9.17, 15) is 13.6 Å². The van der Waals surface area contributed by atoms with Gasteiger partial charge in [0, 0.05) is 40.0 Å². The van der Waals surface area contributed by atoms with Crippen LogP contribution in [0.5, 0.6) is 0 Å². The van der Waals surface area contributed by atoms with Crippen LogP contribution in [-0.4, -0.2) is 35.1 Å². The lowest BCUT2D eigenvalue weighted by Gasteiger charge is -2.30. The largest absolute Gasteiger partial charge is 0.342 e. The maximum absolute atomic E-state index is 14.0. The van der Waals surface area contributed by atoms with Gasteiger partial charge in [0.1, 0.15) is 17.7 Å². The Balaban J connectivity index is 2.03. The fourth-order valence-corrected chi connectivity index (χ4v) is 5.39. The molecular formula is C22H22F2N2OS. The zero-order valence-electron chi connectivity index (χ0n) is 15.9. The Morgan fingerprint density at radius 3 is 2.64 bits per heavy atom. The van der Waals surface area contributed by atoms with Crippen molar-refractivity contribution in [3.05, 3.63) is 53.8 Å². The number of rotatable bonds is 5. The molecule has 1 aliphatic heterocycles. The van der Waals surface area contributed by atoms with E-state index in [-0.39, 0.29) is 18.3 Å². The molecule has 3 nitrogen and oxygen atoms in total. The van der Waals surface area contributed by atoms with Gasteiger partial charge in [-0.3, -0.25) is 4.79 Å². The number of aromatic nitrogens is 1. The van der Waals surface area contributed by atoms with Gasteiger partial charge in [0.15, 0.2) is 0 Å². The molecule has 1 atom stereocenters. The number of para-hydroxylation sites is 1. The minimum absolute atomic E-state index is 0.00862. The average molecular weight is 399 g/mol. The number of nitrogens with zero attached hydrogens (tertiary/aromatic N) is 2. The summed E-state index contributed by atoms with van der Waals surface area (Å²) in [5.41, 5.74) is 3.50. The lowest BCUT2D eigenvalue weighted by Crippen LogP contribution is -2.34. The molecule has 1 amide bonds. The summed E-state index contributed by atoms with van der Waals surface area (Å²) in [6, 6.07) is 12.4. The van der Waals surface area contributed by atoms with Gasteiger partial charge in [0.25, 0.3) is 0 Å². The third-order valence-corrected chi connectivity index (χ3v) is 6.59. The standard InChI is InChI=1S/C22H22F2N2OS/c1-3-25(4-2)22(27)21-19-15-7-5-6-8-17(15)26(12-11-23)20(19)16-10-9-14(24)13-18(16)28-21/h5-10,13,21H,3-4,11-12H2,1-2H3/i23-1. The summed E-state index contributed by atoms with van der Waals surface area (Å²) in [6.45, 7) is 4.82. The van der Waals surface area contributed by atoms with Crippen LogP contribution in [0.3, 0.4) is 0 Å². The molecule has 0 saturated carbocycles. The first-order valence-electron chi connectivity index (χ1n) is 9.53. The second-order valence-corrected chi connectivity index (χ2v) is 7.92. The smallest absolute Gasteiger partial charge is 0.240 e. The van der Waals surface area contributed by atoms with Crippen molar-refractivity contribution in [3.8, 4) is 11.3 Å². The van der Waals surface area contributed by atoms with E-state index in [4.69, 9.17) is 0 Å². The van der Waals surface area contributed by atoms with Gasteiger partial charge in [0.05, 0.1) is 12.2 Å². The summed E-state index contributed by atoms with van der Waals surface area (Å²) in [4.78, 5) is 15.9. The van der Waals surface area contributed by atoms with Crippen LogP contribution >= 0.6 is 11.8 Å². The number of thioether (sulfide) groups is 1. The highest BCUT2D eigenvalue weighted by atomic mass is 32.2. The van der Waals surface area contributed by atoms with E-state index in [1.165, 1.54) is 23.9 Å². The average Bonchev–Trinajstić information content (AvgIpc) is 3.03. The molecule has 1 unspecified atom stereocenters. The molecule has 0 saturated heterocycles.